The van der Waals surface area contributed by atoms with Crippen LogP contribution in [0.5, 0.6) is 0 Å². The van der Waals surface area contributed by atoms with E-state index < -0.39 is 5.72 Å². The largest absolute Gasteiger partial charge is 0.367 e. The minimum absolute atomic E-state index is 0.0538. The van der Waals surface area contributed by atoms with Gasteiger partial charge in [0.1, 0.15) is 11.6 Å². The number of carbonyl (C=O) groups is 1. The Hall–Kier alpha value is -2.12. The Morgan fingerprint density at radius 2 is 2.00 bits per heavy atom. The van der Waals surface area contributed by atoms with Crippen molar-refractivity contribution in [1.82, 2.24) is 4.90 Å². The maximum Gasteiger partial charge on any atom is 0.267 e. The minimum atomic E-state index is -1.36. The third kappa shape index (κ3) is 2.25. The molecule has 4 nitrogen and oxygen atoms in total. The molecule has 19 heavy (non-hydrogen) atoms. The van der Waals surface area contributed by atoms with Gasteiger partial charge in [0.2, 0.25) is 0 Å². The number of carbonyl (C=O) groups excluding carboxylic acids is 1. The van der Waals surface area contributed by atoms with E-state index in [1.807, 2.05) is 36.4 Å². The van der Waals surface area contributed by atoms with E-state index in [2.05, 4.69) is 0 Å². The number of aliphatic hydroxyl groups is 1. The lowest BCUT2D eigenvalue weighted by molar-refractivity contribution is -0.140. The Labute approximate surface area is 112 Å². The summed E-state index contributed by atoms with van der Waals surface area (Å²) >= 11 is 0. The molecule has 1 N–H and O–H groups in total. The highest BCUT2D eigenvalue weighted by molar-refractivity contribution is 6.01. The van der Waals surface area contributed by atoms with E-state index in [-0.39, 0.29) is 11.5 Å². The van der Waals surface area contributed by atoms with E-state index in [1.54, 1.807) is 13.8 Å². The van der Waals surface area contributed by atoms with E-state index >= 15 is 0 Å². The van der Waals surface area contributed by atoms with Gasteiger partial charge in [0, 0.05) is 12.1 Å². The monoisotopic (exact) mass is 256 g/mol. The second kappa shape index (κ2) is 4.87. The van der Waals surface area contributed by atoms with Crippen LogP contribution < -0.4 is 0 Å². The van der Waals surface area contributed by atoms with Crippen molar-refractivity contribution >= 4 is 5.91 Å². The second-order valence-corrected chi connectivity index (χ2v) is 4.83. The number of amides is 1. The Balaban J connectivity index is 2.15. The van der Waals surface area contributed by atoms with Crippen LogP contribution >= 0.6 is 0 Å². The van der Waals surface area contributed by atoms with Crippen molar-refractivity contribution in [3.8, 4) is 6.07 Å². The van der Waals surface area contributed by atoms with Gasteiger partial charge in [-0.3, -0.25) is 4.79 Å². The van der Waals surface area contributed by atoms with Gasteiger partial charge in [-0.25, -0.2) is 0 Å². The summed E-state index contributed by atoms with van der Waals surface area (Å²) < 4.78 is 0. The van der Waals surface area contributed by atoms with Gasteiger partial charge < -0.3 is 10.0 Å². The zero-order chi connectivity index (χ0) is 14.0. The van der Waals surface area contributed by atoms with Crippen molar-refractivity contribution in [2.45, 2.75) is 26.0 Å². The Morgan fingerprint density at radius 3 is 2.53 bits per heavy atom. The SMILES string of the molecule is CC1=C(C#N)C(=O)N(CCc2ccccc2)C1(C)O. The van der Waals surface area contributed by atoms with Gasteiger partial charge in [-0.2, -0.15) is 5.26 Å². The van der Waals surface area contributed by atoms with Gasteiger partial charge >= 0.3 is 0 Å². The molecule has 0 radical (unpaired) electrons. The Morgan fingerprint density at radius 1 is 1.37 bits per heavy atom. The molecule has 1 amide bonds. The normalized spacial score (nSPS) is 22.8. The van der Waals surface area contributed by atoms with Crippen LogP contribution in [0.15, 0.2) is 41.5 Å². The van der Waals surface area contributed by atoms with E-state index in [9.17, 15) is 9.90 Å². The predicted molar refractivity (Wildman–Crippen MR) is 70.8 cm³/mol. The fourth-order valence-electron chi connectivity index (χ4n) is 2.27. The number of nitrogens with zero attached hydrogens (tertiary/aromatic N) is 2. The fraction of sp³-hybridized carbons (Fsp3) is 0.333. The van der Waals surface area contributed by atoms with Crippen molar-refractivity contribution in [2.75, 3.05) is 6.54 Å². The number of hydrogen-bond donors (Lipinski definition) is 1. The molecular weight excluding hydrogens is 240 g/mol. The number of hydrogen-bond acceptors (Lipinski definition) is 3. The third-order valence-electron chi connectivity index (χ3n) is 3.65. The topological polar surface area (TPSA) is 64.3 Å². The first-order valence-corrected chi connectivity index (χ1v) is 6.18. The van der Waals surface area contributed by atoms with Crippen molar-refractivity contribution in [1.29, 1.82) is 5.26 Å². The van der Waals surface area contributed by atoms with Crippen LogP contribution in [-0.4, -0.2) is 28.2 Å². The molecule has 1 aromatic rings. The quantitative estimate of drug-likeness (QED) is 0.893. The molecule has 0 bridgehead atoms. The number of rotatable bonds is 3. The lowest BCUT2D eigenvalue weighted by Gasteiger charge is -2.31. The average Bonchev–Trinajstić information content (AvgIpc) is 2.56. The molecule has 0 saturated carbocycles. The molecule has 0 aromatic heterocycles. The summed E-state index contributed by atoms with van der Waals surface area (Å²) in [7, 11) is 0. The molecule has 98 valence electrons. The Bertz CT molecular complexity index is 568. The molecule has 1 atom stereocenters. The van der Waals surface area contributed by atoms with Crippen LogP contribution in [-0.2, 0) is 11.2 Å². The molecule has 1 aliphatic rings. The highest BCUT2D eigenvalue weighted by Gasteiger charge is 2.44. The van der Waals surface area contributed by atoms with Gasteiger partial charge in [0.05, 0.1) is 0 Å². The van der Waals surface area contributed by atoms with E-state index in [0.717, 1.165) is 5.56 Å². The average molecular weight is 256 g/mol. The zero-order valence-electron chi connectivity index (χ0n) is 11.1. The highest BCUT2D eigenvalue weighted by atomic mass is 16.3. The molecular formula is C15H16N2O2. The van der Waals surface area contributed by atoms with Gasteiger partial charge in [-0.05, 0) is 25.8 Å². The highest BCUT2D eigenvalue weighted by Crippen LogP contribution is 2.32. The molecule has 0 aliphatic carbocycles. The lowest BCUT2D eigenvalue weighted by Crippen LogP contribution is -2.46. The predicted octanol–water partition coefficient (Wildman–Crippen LogP) is 1.62. The lowest BCUT2D eigenvalue weighted by atomic mass is 10.1. The molecule has 0 spiro atoms. The molecule has 1 heterocycles. The summed E-state index contributed by atoms with van der Waals surface area (Å²) in [5.41, 5.74) is 0.206. The van der Waals surface area contributed by atoms with Crippen LogP contribution in [0.25, 0.3) is 0 Å². The van der Waals surface area contributed by atoms with Crippen LogP contribution in [0.1, 0.15) is 19.4 Å². The summed E-state index contributed by atoms with van der Waals surface area (Å²) in [6.07, 6.45) is 0.648. The van der Waals surface area contributed by atoms with Crippen molar-refractivity contribution < 1.29 is 9.90 Å². The van der Waals surface area contributed by atoms with Crippen molar-refractivity contribution in [3.05, 3.63) is 47.0 Å². The van der Waals surface area contributed by atoms with Gasteiger partial charge in [-0.1, -0.05) is 30.3 Å². The summed E-state index contributed by atoms with van der Waals surface area (Å²) in [4.78, 5) is 13.4. The first-order valence-electron chi connectivity index (χ1n) is 6.18. The van der Waals surface area contributed by atoms with Gasteiger partial charge in [-0.15, -0.1) is 0 Å². The van der Waals surface area contributed by atoms with E-state index in [4.69, 9.17) is 5.26 Å². The van der Waals surface area contributed by atoms with Gasteiger partial charge in [0.25, 0.3) is 5.91 Å². The molecule has 0 saturated heterocycles. The summed E-state index contributed by atoms with van der Waals surface area (Å²) in [6.45, 7) is 3.56. The van der Waals surface area contributed by atoms with E-state index in [1.165, 1.54) is 4.90 Å². The third-order valence-corrected chi connectivity index (χ3v) is 3.65. The van der Waals surface area contributed by atoms with Crippen LogP contribution in [0, 0.1) is 11.3 Å². The van der Waals surface area contributed by atoms with Crippen molar-refractivity contribution in [2.24, 2.45) is 0 Å². The van der Waals surface area contributed by atoms with Crippen LogP contribution in [0.4, 0.5) is 0 Å². The van der Waals surface area contributed by atoms with Crippen LogP contribution in [0.3, 0.4) is 0 Å². The fourth-order valence-corrected chi connectivity index (χ4v) is 2.27. The first-order chi connectivity index (χ1) is 8.98. The maximum atomic E-state index is 12.1. The molecule has 0 fully saturated rings. The molecule has 1 unspecified atom stereocenters. The van der Waals surface area contributed by atoms with Crippen molar-refractivity contribution in [3.63, 3.8) is 0 Å². The standard InChI is InChI=1S/C15H16N2O2/c1-11-13(10-16)14(18)17(15(11,2)19)9-8-12-6-4-3-5-7-12/h3-7,19H,8-9H2,1-2H3. The zero-order valence-corrected chi connectivity index (χ0v) is 11.1. The van der Waals surface area contributed by atoms with Gasteiger partial charge in [0.15, 0.2) is 5.72 Å². The molecule has 1 aliphatic heterocycles. The molecule has 1 aromatic carbocycles. The van der Waals surface area contributed by atoms with Crippen LogP contribution in [0.2, 0.25) is 0 Å². The summed E-state index contributed by atoms with van der Waals surface area (Å²) in [5.74, 6) is -0.388. The first kappa shape index (κ1) is 13.3. The smallest absolute Gasteiger partial charge is 0.267 e. The summed E-state index contributed by atoms with van der Waals surface area (Å²) in [6, 6.07) is 11.6. The second-order valence-electron chi connectivity index (χ2n) is 4.83. The maximum absolute atomic E-state index is 12.1. The molecule has 2 rings (SSSR count). The number of benzene rings is 1. The summed E-state index contributed by atoms with van der Waals surface area (Å²) in [5, 5.41) is 19.3. The Kier molecular flexibility index (Phi) is 3.41. The minimum Gasteiger partial charge on any atom is -0.367 e. The molecule has 4 heteroatoms. The van der Waals surface area contributed by atoms with E-state index in [0.29, 0.717) is 18.5 Å². The number of nitriles is 1.